The van der Waals surface area contributed by atoms with E-state index in [0.717, 1.165) is 63.8 Å². The summed E-state index contributed by atoms with van der Waals surface area (Å²) in [7, 11) is 3.59. The average molecular weight is 531 g/mol. The Morgan fingerprint density at radius 1 is 1.23 bits per heavy atom. The molecule has 1 aromatic rings. The van der Waals surface area contributed by atoms with E-state index in [9.17, 15) is 0 Å². The Hall–Kier alpha value is -1.06. The molecule has 0 aliphatic carbocycles. The lowest BCUT2D eigenvalue weighted by molar-refractivity contribution is -0.0721. The van der Waals surface area contributed by atoms with Gasteiger partial charge in [0.2, 0.25) is 0 Å². The van der Waals surface area contributed by atoms with Gasteiger partial charge in [0.1, 0.15) is 5.75 Å². The van der Waals surface area contributed by atoms with Crippen LogP contribution >= 0.6 is 24.0 Å². The standard InChI is InChI=1S/C23H37N3O3.HI/c1-18(21-9-4-5-10-22(21)27-3)16-25-23(24-2)26-13-11-19(12-14-26)29-17-20-8-6-7-15-28-20;/h4-5,9-10,18-20H,6-8,11-17H2,1-3H3,(H,24,25);1H. The molecule has 0 bridgehead atoms. The zero-order valence-electron chi connectivity index (χ0n) is 18.6. The largest absolute Gasteiger partial charge is 0.496 e. The maximum Gasteiger partial charge on any atom is 0.193 e. The van der Waals surface area contributed by atoms with Crippen molar-refractivity contribution in [3.8, 4) is 5.75 Å². The molecule has 170 valence electrons. The van der Waals surface area contributed by atoms with Gasteiger partial charge in [0.05, 0.1) is 25.9 Å². The molecule has 3 rings (SSSR count). The van der Waals surface area contributed by atoms with Crippen molar-refractivity contribution in [1.29, 1.82) is 0 Å². The molecule has 2 saturated heterocycles. The lowest BCUT2D eigenvalue weighted by Crippen LogP contribution is -2.48. The van der Waals surface area contributed by atoms with E-state index in [1.54, 1.807) is 7.11 Å². The highest BCUT2D eigenvalue weighted by Gasteiger charge is 2.24. The second-order valence-corrected chi connectivity index (χ2v) is 8.08. The molecule has 0 radical (unpaired) electrons. The van der Waals surface area contributed by atoms with Crippen LogP contribution in [0.15, 0.2) is 29.3 Å². The molecule has 2 aliphatic heterocycles. The van der Waals surface area contributed by atoms with Crippen LogP contribution in [0.25, 0.3) is 0 Å². The number of guanidine groups is 1. The van der Waals surface area contributed by atoms with Gasteiger partial charge in [0.15, 0.2) is 5.96 Å². The van der Waals surface area contributed by atoms with E-state index in [2.05, 4.69) is 34.3 Å². The first-order valence-corrected chi connectivity index (χ1v) is 11.0. The number of benzene rings is 1. The van der Waals surface area contributed by atoms with E-state index < -0.39 is 0 Å². The summed E-state index contributed by atoms with van der Waals surface area (Å²) in [5.74, 6) is 2.25. The fourth-order valence-electron chi connectivity index (χ4n) is 4.18. The van der Waals surface area contributed by atoms with E-state index in [0.29, 0.717) is 18.1 Å². The van der Waals surface area contributed by atoms with Crippen LogP contribution in [0.2, 0.25) is 0 Å². The van der Waals surface area contributed by atoms with Crippen LogP contribution in [0, 0.1) is 0 Å². The number of ether oxygens (including phenoxy) is 3. The molecule has 0 amide bonds. The van der Waals surface area contributed by atoms with Crippen LogP contribution in [0.1, 0.15) is 50.5 Å². The SMILES string of the molecule is CN=C(NCC(C)c1ccccc1OC)N1CCC(OCC2CCCCO2)CC1.I. The Labute approximate surface area is 198 Å². The summed E-state index contributed by atoms with van der Waals surface area (Å²) in [6, 6.07) is 8.22. The highest BCUT2D eigenvalue weighted by Crippen LogP contribution is 2.25. The van der Waals surface area contributed by atoms with Crippen molar-refractivity contribution in [2.45, 2.75) is 57.2 Å². The van der Waals surface area contributed by atoms with Crippen molar-refractivity contribution in [3.63, 3.8) is 0 Å². The number of piperidine rings is 1. The highest BCUT2D eigenvalue weighted by atomic mass is 127. The molecule has 2 heterocycles. The summed E-state index contributed by atoms with van der Waals surface area (Å²) >= 11 is 0. The molecule has 2 unspecified atom stereocenters. The molecular weight excluding hydrogens is 493 g/mol. The summed E-state index contributed by atoms with van der Waals surface area (Å²) < 4.78 is 17.4. The number of nitrogens with zero attached hydrogens (tertiary/aromatic N) is 2. The summed E-state index contributed by atoms with van der Waals surface area (Å²) in [5, 5.41) is 3.55. The van der Waals surface area contributed by atoms with Gasteiger partial charge in [-0.1, -0.05) is 25.1 Å². The average Bonchev–Trinajstić information content (AvgIpc) is 2.79. The van der Waals surface area contributed by atoms with E-state index in [-0.39, 0.29) is 24.0 Å². The number of halogens is 1. The molecule has 0 saturated carbocycles. The minimum Gasteiger partial charge on any atom is -0.496 e. The molecule has 7 heteroatoms. The van der Waals surface area contributed by atoms with Gasteiger partial charge in [-0.2, -0.15) is 0 Å². The van der Waals surface area contributed by atoms with Crippen molar-refractivity contribution < 1.29 is 14.2 Å². The Bertz CT molecular complexity index is 644. The van der Waals surface area contributed by atoms with E-state index in [4.69, 9.17) is 14.2 Å². The molecular formula is C23H38IN3O3. The Balaban J connectivity index is 0.00000320. The predicted molar refractivity (Wildman–Crippen MR) is 132 cm³/mol. The zero-order chi connectivity index (χ0) is 20.5. The molecule has 0 spiro atoms. The number of nitrogens with one attached hydrogen (secondary N) is 1. The Kier molecular flexibility index (Phi) is 11.2. The number of para-hydroxylation sites is 1. The third-order valence-electron chi connectivity index (χ3n) is 5.98. The number of hydrogen-bond donors (Lipinski definition) is 1. The van der Waals surface area contributed by atoms with Gasteiger partial charge in [-0.25, -0.2) is 0 Å². The van der Waals surface area contributed by atoms with Crippen LogP contribution in [0.3, 0.4) is 0 Å². The van der Waals surface area contributed by atoms with Crippen molar-refractivity contribution in [2.75, 3.05) is 47.0 Å². The topological polar surface area (TPSA) is 55.3 Å². The van der Waals surface area contributed by atoms with Crippen molar-refractivity contribution in [1.82, 2.24) is 10.2 Å². The third-order valence-corrected chi connectivity index (χ3v) is 5.98. The molecule has 2 atom stereocenters. The van der Waals surface area contributed by atoms with E-state index >= 15 is 0 Å². The van der Waals surface area contributed by atoms with E-state index in [1.807, 2.05) is 19.2 Å². The molecule has 2 aliphatic rings. The fraction of sp³-hybridized carbons (Fsp3) is 0.696. The van der Waals surface area contributed by atoms with Crippen LogP contribution < -0.4 is 10.1 Å². The smallest absolute Gasteiger partial charge is 0.193 e. The van der Waals surface area contributed by atoms with Gasteiger partial charge >= 0.3 is 0 Å². The maximum absolute atomic E-state index is 6.14. The number of methoxy groups -OCH3 is 1. The molecule has 1 N–H and O–H groups in total. The van der Waals surface area contributed by atoms with Crippen molar-refractivity contribution >= 4 is 29.9 Å². The second kappa shape index (κ2) is 13.4. The van der Waals surface area contributed by atoms with Crippen LogP contribution in [0.4, 0.5) is 0 Å². The monoisotopic (exact) mass is 531 g/mol. The number of hydrogen-bond acceptors (Lipinski definition) is 4. The van der Waals surface area contributed by atoms with Gasteiger partial charge in [-0.3, -0.25) is 4.99 Å². The molecule has 30 heavy (non-hydrogen) atoms. The van der Waals surface area contributed by atoms with Crippen LogP contribution in [0.5, 0.6) is 5.75 Å². The third kappa shape index (κ3) is 7.27. The quantitative estimate of drug-likeness (QED) is 0.327. The number of rotatable bonds is 7. The summed E-state index contributed by atoms with van der Waals surface area (Å²) in [6.07, 6.45) is 6.30. The van der Waals surface area contributed by atoms with Gasteiger partial charge in [-0.15, -0.1) is 24.0 Å². The maximum atomic E-state index is 6.14. The number of aliphatic imine (C=N–C) groups is 1. The number of likely N-dealkylation sites (tertiary alicyclic amines) is 1. The van der Waals surface area contributed by atoms with Crippen LogP contribution in [-0.2, 0) is 9.47 Å². The fourth-order valence-corrected chi connectivity index (χ4v) is 4.18. The van der Waals surface area contributed by atoms with E-state index in [1.165, 1.54) is 18.4 Å². The van der Waals surface area contributed by atoms with Gasteiger partial charge in [0, 0.05) is 39.2 Å². The Morgan fingerprint density at radius 2 is 2.00 bits per heavy atom. The normalized spacial score (nSPS) is 21.6. The first-order chi connectivity index (χ1) is 14.2. The van der Waals surface area contributed by atoms with Gasteiger partial charge < -0.3 is 24.4 Å². The first-order valence-electron chi connectivity index (χ1n) is 11.0. The first kappa shape index (κ1) is 25.2. The Morgan fingerprint density at radius 3 is 2.67 bits per heavy atom. The van der Waals surface area contributed by atoms with Gasteiger partial charge in [0.25, 0.3) is 0 Å². The van der Waals surface area contributed by atoms with Crippen molar-refractivity contribution in [3.05, 3.63) is 29.8 Å². The lowest BCUT2D eigenvalue weighted by Gasteiger charge is -2.35. The molecule has 2 fully saturated rings. The molecule has 1 aromatic carbocycles. The lowest BCUT2D eigenvalue weighted by atomic mass is 10.00. The van der Waals surface area contributed by atoms with Crippen LogP contribution in [-0.4, -0.2) is 70.1 Å². The minimum absolute atomic E-state index is 0. The molecule has 0 aromatic heterocycles. The van der Waals surface area contributed by atoms with Crippen molar-refractivity contribution in [2.24, 2.45) is 4.99 Å². The second-order valence-electron chi connectivity index (χ2n) is 8.08. The summed E-state index contributed by atoms with van der Waals surface area (Å²) in [5.41, 5.74) is 1.22. The van der Waals surface area contributed by atoms with Gasteiger partial charge in [-0.05, 0) is 43.7 Å². The summed E-state index contributed by atoms with van der Waals surface area (Å²) in [4.78, 5) is 6.84. The molecule has 6 nitrogen and oxygen atoms in total. The highest BCUT2D eigenvalue weighted by molar-refractivity contribution is 14.0. The minimum atomic E-state index is 0. The zero-order valence-corrected chi connectivity index (χ0v) is 21.0. The summed E-state index contributed by atoms with van der Waals surface area (Å²) in [6.45, 7) is 6.61. The predicted octanol–water partition coefficient (Wildman–Crippen LogP) is 4.04.